The Kier molecular flexibility index (Phi) is 5.25. The average molecular weight is 314 g/mol. The minimum absolute atomic E-state index is 0.119. The highest BCUT2D eigenvalue weighted by Crippen LogP contribution is 2.28. The SMILES string of the molecule is COc1ccc(C(=O)/C=C/c2ccc(OC)c(OC)c2)c(O)c1. The number of phenols is 1. The minimum Gasteiger partial charge on any atom is -0.507 e. The number of ketones is 1. The fraction of sp³-hybridized carbons (Fsp3) is 0.167. The Labute approximate surface area is 134 Å². The molecule has 2 aromatic rings. The summed E-state index contributed by atoms with van der Waals surface area (Å²) in [4.78, 5) is 12.2. The van der Waals surface area contributed by atoms with Crippen molar-refractivity contribution in [2.24, 2.45) is 0 Å². The minimum atomic E-state index is -0.306. The Morgan fingerprint density at radius 1 is 0.957 bits per heavy atom. The van der Waals surface area contributed by atoms with E-state index >= 15 is 0 Å². The number of methoxy groups -OCH3 is 3. The number of ether oxygens (including phenoxy) is 3. The van der Waals surface area contributed by atoms with Gasteiger partial charge in [0, 0.05) is 6.07 Å². The summed E-state index contributed by atoms with van der Waals surface area (Å²) in [5, 5.41) is 9.87. The van der Waals surface area contributed by atoms with Crippen LogP contribution in [0.25, 0.3) is 6.08 Å². The first-order valence-corrected chi connectivity index (χ1v) is 6.90. The molecule has 0 spiro atoms. The molecule has 0 fully saturated rings. The van der Waals surface area contributed by atoms with Crippen LogP contribution in [0.15, 0.2) is 42.5 Å². The monoisotopic (exact) mass is 314 g/mol. The first kappa shape index (κ1) is 16.4. The van der Waals surface area contributed by atoms with Crippen molar-refractivity contribution in [3.05, 3.63) is 53.6 Å². The third-order valence-electron chi connectivity index (χ3n) is 3.31. The molecule has 0 aromatic heterocycles. The molecule has 0 atom stereocenters. The van der Waals surface area contributed by atoms with E-state index in [1.807, 2.05) is 0 Å². The molecule has 0 aliphatic rings. The molecule has 5 heteroatoms. The second kappa shape index (κ2) is 7.35. The van der Waals surface area contributed by atoms with Crippen LogP contribution in [0.2, 0.25) is 0 Å². The lowest BCUT2D eigenvalue weighted by Gasteiger charge is -2.07. The van der Waals surface area contributed by atoms with Crippen molar-refractivity contribution in [2.75, 3.05) is 21.3 Å². The highest BCUT2D eigenvalue weighted by atomic mass is 16.5. The predicted octanol–water partition coefficient (Wildman–Crippen LogP) is 3.31. The predicted molar refractivity (Wildman–Crippen MR) is 87.6 cm³/mol. The molecule has 5 nitrogen and oxygen atoms in total. The zero-order valence-electron chi connectivity index (χ0n) is 13.2. The number of benzene rings is 2. The quantitative estimate of drug-likeness (QED) is 0.654. The Morgan fingerprint density at radius 3 is 2.30 bits per heavy atom. The first-order chi connectivity index (χ1) is 11.1. The van der Waals surface area contributed by atoms with Crippen molar-refractivity contribution in [2.45, 2.75) is 0 Å². The summed E-state index contributed by atoms with van der Waals surface area (Å²) in [6, 6.07) is 9.87. The zero-order valence-corrected chi connectivity index (χ0v) is 13.2. The van der Waals surface area contributed by atoms with Gasteiger partial charge in [-0.15, -0.1) is 0 Å². The van der Waals surface area contributed by atoms with Gasteiger partial charge in [-0.1, -0.05) is 12.1 Å². The maximum absolute atomic E-state index is 12.2. The second-order valence-electron chi connectivity index (χ2n) is 4.70. The number of hydrogen-bond donors (Lipinski definition) is 1. The van der Waals surface area contributed by atoms with Crippen molar-refractivity contribution in [1.29, 1.82) is 0 Å². The van der Waals surface area contributed by atoms with Crippen LogP contribution in [0.5, 0.6) is 23.0 Å². The largest absolute Gasteiger partial charge is 0.507 e. The maximum Gasteiger partial charge on any atom is 0.189 e. The number of rotatable bonds is 6. The third kappa shape index (κ3) is 3.83. The second-order valence-corrected chi connectivity index (χ2v) is 4.70. The number of hydrogen-bond acceptors (Lipinski definition) is 5. The summed E-state index contributed by atoms with van der Waals surface area (Å²) in [6.07, 6.45) is 3.04. The summed E-state index contributed by atoms with van der Waals surface area (Å²) >= 11 is 0. The number of aromatic hydroxyl groups is 1. The van der Waals surface area contributed by atoms with Gasteiger partial charge in [-0.05, 0) is 35.9 Å². The highest BCUT2D eigenvalue weighted by molar-refractivity contribution is 6.08. The number of carbonyl (C=O) groups is 1. The lowest BCUT2D eigenvalue weighted by Crippen LogP contribution is -1.95. The molecule has 120 valence electrons. The van der Waals surface area contributed by atoms with E-state index in [9.17, 15) is 9.90 Å². The molecule has 0 aliphatic heterocycles. The third-order valence-corrected chi connectivity index (χ3v) is 3.31. The Bertz CT molecular complexity index is 734. The van der Waals surface area contributed by atoms with Crippen LogP contribution in [-0.4, -0.2) is 32.2 Å². The van der Waals surface area contributed by atoms with Crippen LogP contribution in [0.3, 0.4) is 0 Å². The summed E-state index contributed by atoms with van der Waals surface area (Å²) < 4.78 is 15.4. The molecule has 0 unspecified atom stereocenters. The van der Waals surface area contributed by atoms with E-state index in [1.165, 1.54) is 25.3 Å². The van der Waals surface area contributed by atoms with E-state index in [2.05, 4.69) is 0 Å². The van der Waals surface area contributed by atoms with E-state index in [1.54, 1.807) is 44.6 Å². The topological polar surface area (TPSA) is 65.0 Å². The van der Waals surface area contributed by atoms with E-state index in [-0.39, 0.29) is 17.1 Å². The molecular weight excluding hydrogens is 296 g/mol. The van der Waals surface area contributed by atoms with Gasteiger partial charge in [-0.2, -0.15) is 0 Å². The van der Waals surface area contributed by atoms with Crippen LogP contribution in [0.4, 0.5) is 0 Å². The molecule has 2 rings (SSSR count). The van der Waals surface area contributed by atoms with Gasteiger partial charge in [0.1, 0.15) is 11.5 Å². The van der Waals surface area contributed by atoms with E-state index < -0.39 is 0 Å². The molecule has 0 heterocycles. The van der Waals surface area contributed by atoms with Crippen LogP contribution in [-0.2, 0) is 0 Å². The summed E-state index contributed by atoms with van der Waals surface area (Å²) in [5.41, 5.74) is 0.992. The molecule has 1 N–H and O–H groups in total. The van der Waals surface area contributed by atoms with Gasteiger partial charge in [-0.25, -0.2) is 0 Å². The van der Waals surface area contributed by atoms with Crippen molar-refractivity contribution in [3.8, 4) is 23.0 Å². The normalized spacial score (nSPS) is 10.6. The van der Waals surface area contributed by atoms with Gasteiger partial charge in [0.2, 0.25) is 0 Å². The van der Waals surface area contributed by atoms with Gasteiger partial charge in [0.05, 0.1) is 26.9 Å². The fourth-order valence-electron chi connectivity index (χ4n) is 2.06. The van der Waals surface area contributed by atoms with E-state index in [4.69, 9.17) is 14.2 Å². The van der Waals surface area contributed by atoms with Gasteiger partial charge < -0.3 is 19.3 Å². The summed E-state index contributed by atoms with van der Waals surface area (Å²) in [5.74, 6) is 1.26. The van der Waals surface area contributed by atoms with Gasteiger partial charge in [0.25, 0.3) is 0 Å². The molecule has 0 amide bonds. The highest BCUT2D eigenvalue weighted by Gasteiger charge is 2.09. The smallest absolute Gasteiger partial charge is 0.189 e. The van der Waals surface area contributed by atoms with Crippen molar-refractivity contribution < 1.29 is 24.1 Å². The zero-order chi connectivity index (χ0) is 16.8. The van der Waals surface area contributed by atoms with Crippen molar-refractivity contribution in [1.82, 2.24) is 0 Å². The number of allylic oxidation sites excluding steroid dienone is 1. The standard InChI is InChI=1S/C18H18O5/c1-21-13-6-7-14(16(20)11-13)15(19)8-4-12-5-9-17(22-2)18(10-12)23-3/h4-11,20H,1-3H3/b8-4+. The number of phenolic OH excluding ortho intramolecular Hbond substituents is 1. The summed E-state index contributed by atoms with van der Waals surface area (Å²) in [7, 11) is 4.60. The molecule has 0 saturated heterocycles. The molecule has 0 aliphatic carbocycles. The van der Waals surface area contributed by atoms with Gasteiger partial charge >= 0.3 is 0 Å². The first-order valence-electron chi connectivity index (χ1n) is 6.90. The molecule has 0 radical (unpaired) electrons. The van der Waals surface area contributed by atoms with Crippen LogP contribution >= 0.6 is 0 Å². The average Bonchev–Trinajstić information content (AvgIpc) is 2.59. The van der Waals surface area contributed by atoms with Crippen LogP contribution < -0.4 is 14.2 Å². The lowest BCUT2D eigenvalue weighted by atomic mass is 10.1. The number of carbonyl (C=O) groups excluding carboxylic acids is 1. The van der Waals surface area contributed by atoms with E-state index in [0.29, 0.717) is 17.2 Å². The Hall–Kier alpha value is -2.95. The fourth-order valence-corrected chi connectivity index (χ4v) is 2.06. The molecule has 0 saturated carbocycles. The van der Waals surface area contributed by atoms with Crippen molar-refractivity contribution >= 4 is 11.9 Å². The van der Waals surface area contributed by atoms with E-state index in [0.717, 1.165) is 5.56 Å². The van der Waals surface area contributed by atoms with Crippen molar-refractivity contribution in [3.63, 3.8) is 0 Å². The molecule has 0 bridgehead atoms. The lowest BCUT2D eigenvalue weighted by molar-refractivity contribution is 0.104. The van der Waals surface area contributed by atoms with Crippen LogP contribution in [0.1, 0.15) is 15.9 Å². The summed E-state index contributed by atoms with van der Waals surface area (Å²) in [6.45, 7) is 0. The van der Waals surface area contributed by atoms with Crippen LogP contribution in [0, 0.1) is 0 Å². The Morgan fingerprint density at radius 2 is 1.70 bits per heavy atom. The Balaban J connectivity index is 2.21. The molecule has 23 heavy (non-hydrogen) atoms. The molecule has 2 aromatic carbocycles. The maximum atomic E-state index is 12.2. The van der Waals surface area contributed by atoms with Gasteiger partial charge in [-0.3, -0.25) is 4.79 Å². The van der Waals surface area contributed by atoms with Gasteiger partial charge in [0.15, 0.2) is 17.3 Å². The molecular formula is C18H18O5.